The number of carbonyl (C=O) groups is 1. The van der Waals surface area contributed by atoms with Gasteiger partial charge in [0, 0.05) is 43.2 Å². The normalized spacial score (nSPS) is 20.1. The van der Waals surface area contributed by atoms with E-state index in [9.17, 15) is 9.59 Å². The van der Waals surface area contributed by atoms with Crippen LogP contribution in [0.3, 0.4) is 0 Å². The number of rotatable bonds is 3. The van der Waals surface area contributed by atoms with Crippen LogP contribution >= 0.6 is 0 Å². The molecule has 0 spiro atoms. The largest absolute Gasteiger partial charge is 0.368 e. The molecule has 27 heavy (non-hydrogen) atoms. The minimum atomic E-state index is -0.296. The summed E-state index contributed by atoms with van der Waals surface area (Å²) in [5.74, 6) is 0.564. The Morgan fingerprint density at radius 1 is 1.26 bits per heavy atom. The Bertz CT molecular complexity index is 891. The molecule has 2 aromatic rings. The Kier molecular flexibility index (Phi) is 4.89. The zero-order valence-electron chi connectivity index (χ0n) is 15.4. The van der Waals surface area contributed by atoms with Crippen LogP contribution in [-0.2, 0) is 4.74 Å². The van der Waals surface area contributed by atoms with E-state index < -0.39 is 0 Å². The highest BCUT2D eigenvalue weighted by Crippen LogP contribution is 2.24. The van der Waals surface area contributed by atoms with E-state index in [0.717, 1.165) is 37.6 Å². The molecule has 2 aromatic heterocycles. The van der Waals surface area contributed by atoms with Crippen molar-refractivity contribution in [2.24, 2.45) is 0 Å². The van der Waals surface area contributed by atoms with Crippen LogP contribution in [-0.4, -0.2) is 58.5 Å². The van der Waals surface area contributed by atoms with Crippen molar-refractivity contribution < 1.29 is 9.53 Å². The van der Waals surface area contributed by atoms with Crippen molar-refractivity contribution in [3.63, 3.8) is 0 Å². The van der Waals surface area contributed by atoms with E-state index >= 15 is 0 Å². The maximum atomic E-state index is 12.8. The van der Waals surface area contributed by atoms with Gasteiger partial charge in [-0.05, 0) is 31.9 Å². The first-order valence-corrected chi connectivity index (χ1v) is 9.30. The van der Waals surface area contributed by atoms with Gasteiger partial charge in [-0.3, -0.25) is 9.59 Å². The second-order valence-electron chi connectivity index (χ2n) is 7.00. The molecule has 1 amide bonds. The molecule has 0 unspecified atom stereocenters. The minimum Gasteiger partial charge on any atom is -0.368 e. The van der Waals surface area contributed by atoms with Gasteiger partial charge in [-0.25, -0.2) is 9.97 Å². The number of aromatic amines is 1. The van der Waals surface area contributed by atoms with Gasteiger partial charge >= 0.3 is 0 Å². The predicted molar refractivity (Wildman–Crippen MR) is 99.9 cm³/mol. The number of nitrogens with zero attached hydrogens (tertiary/aromatic N) is 4. The highest BCUT2D eigenvalue weighted by atomic mass is 16.5. The molecule has 142 valence electrons. The number of morpholine rings is 1. The van der Waals surface area contributed by atoms with E-state index in [1.807, 2.05) is 6.07 Å². The number of anilines is 1. The number of pyridine rings is 1. The number of ether oxygens (including phenoxy) is 1. The zero-order chi connectivity index (χ0) is 18.8. The molecule has 2 aliphatic rings. The fourth-order valence-electron chi connectivity index (χ4n) is 3.61. The molecule has 2 fully saturated rings. The van der Waals surface area contributed by atoms with Gasteiger partial charge in [0.1, 0.15) is 6.10 Å². The van der Waals surface area contributed by atoms with Gasteiger partial charge in [-0.2, -0.15) is 0 Å². The van der Waals surface area contributed by atoms with Crippen molar-refractivity contribution in [1.82, 2.24) is 19.9 Å². The number of aryl methyl sites for hydroxylation is 1. The Morgan fingerprint density at radius 3 is 2.85 bits per heavy atom. The van der Waals surface area contributed by atoms with Crippen molar-refractivity contribution in [1.29, 1.82) is 0 Å². The standard InChI is InChI=1S/C19H23N5O3/c1-13-10-14(11-17(25)21-13)18(26)24-8-9-27-16(12-24)15-4-5-20-19(22-15)23-6-2-3-7-23/h4-5,10-11,16H,2-3,6-9,12H2,1H3,(H,21,25)/t16-/m1/s1. The maximum absolute atomic E-state index is 12.8. The molecule has 4 heterocycles. The Labute approximate surface area is 157 Å². The summed E-state index contributed by atoms with van der Waals surface area (Å²) in [5.41, 5.74) is 1.58. The van der Waals surface area contributed by atoms with Gasteiger partial charge in [0.25, 0.3) is 5.91 Å². The Hall–Kier alpha value is -2.74. The molecule has 0 bridgehead atoms. The van der Waals surface area contributed by atoms with Crippen molar-refractivity contribution in [2.45, 2.75) is 25.9 Å². The number of hydrogen-bond acceptors (Lipinski definition) is 6. The lowest BCUT2D eigenvalue weighted by molar-refractivity contribution is -0.0247. The minimum absolute atomic E-state index is 0.161. The smallest absolute Gasteiger partial charge is 0.254 e. The lowest BCUT2D eigenvalue weighted by Crippen LogP contribution is -2.42. The highest BCUT2D eigenvalue weighted by Gasteiger charge is 2.28. The predicted octanol–water partition coefficient (Wildman–Crippen LogP) is 1.29. The molecular formula is C19H23N5O3. The van der Waals surface area contributed by atoms with Gasteiger partial charge in [-0.1, -0.05) is 0 Å². The van der Waals surface area contributed by atoms with E-state index in [-0.39, 0.29) is 17.6 Å². The lowest BCUT2D eigenvalue weighted by Gasteiger charge is -2.33. The average molecular weight is 369 g/mol. The Morgan fingerprint density at radius 2 is 2.07 bits per heavy atom. The van der Waals surface area contributed by atoms with Crippen molar-refractivity contribution >= 4 is 11.9 Å². The van der Waals surface area contributed by atoms with Gasteiger partial charge in [0.05, 0.1) is 18.8 Å². The van der Waals surface area contributed by atoms with E-state index in [0.29, 0.717) is 31.0 Å². The van der Waals surface area contributed by atoms with Crippen LogP contribution in [0.5, 0.6) is 0 Å². The van der Waals surface area contributed by atoms with E-state index in [1.165, 1.54) is 6.07 Å². The number of hydrogen-bond donors (Lipinski definition) is 1. The number of H-pyrrole nitrogens is 1. The number of amides is 1. The summed E-state index contributed by atoms with van der Waals surface area (Å²) in [7, 11) is 0. The van der Waals surface area contributed by atoms with Gasteiger partial charge in [0.15, 0.2) is 0 Å². The molecule has 0 saturated carbocycles. The van der Waals surface area contributed by atoms with E-state index in [2.05, 4.69) is 19.9 Å². The summed E-state index contributed by atoms with van der Waals surface area (Å²) < 4.78 is 5.87. The summed E-state index contributed by atoms with van der Waals surface area (Å²) in [6, 6.07) is 4.88. The summed E-state index contributed by atoms with van der Waals surface area (Å²) in [4.78, 5) is 40.1. The third-order valence-corrected chi connectivity index (χ3v) is 4.96. The van der Waals surface area contributed by atoms with Gasteiger partial charge < -0.3 is 19.5 Å². The number of nitrogens with one attached hydrogen (secondary N) is 1. The number of aromatic nitrogens is 3. The number of carbonyl (C=O) groups excluding carboxylic acids is 1. The highest BCUT2D eigenvalue weighted by molar-refractivity contribution is 5.94. The second-order valence-corrected chi connectivity index (χ2v) is 7.00. The molecule has 0 aromatic carbocycles. The average Bonchev–Trinajstić information content (AvgIpc) is 3.22. The molecule has 8 heteroatoms. The van der Waals surface area contributed by atoms with Crippen LogP contribution in [0.25, 0.3) is 0 Å². The van der Waals surface area contributed by atoms with Crippen LogP contribution < -0.4 is 10.5 Å². The lowest BCUT2D eigenvalue weighted by atomic mass is 10.1. The van der Waals surface area contributed by atoms with Crippen molar-refractivity contribution in [3.8, 4) is 0 Å². The van der Waals surface area contributed by atoms with Gasteiger partial charge in [0.2, 0.25) is 11.5 Å². The molecule has 0 aliphatic carbocycles. The molecule has 8 nitrogen and oxygen atoms in total. The molecule has 2 aliphatic heterocycles. The molecule has 4 rings (SSSR count). The fourth-order valence-corrected chi connectivity index (χ4v) is 3.61. The summed E-state index contributed by atoms with van der Waals surface area (Å²) in [6.07, 6.45) is 3.77. The van der Waals surface area contributed by atoms with Crippen LogP contribution in [0.4, 0.5) is 5.95 Å². The van der Waals surface area contributed by atoms with Crippen molar-refractivity contribution in [2.75, 3.05) is 37.7 Å². The van der Waals surface area contributed by atoms with Crippen LogP contribution in [0.15, 0.2) is 29.2 Å². The quantitative estimate of drug-likeness (QED) is 0.877. The first-order chi connectivity index (χ1) is 13.1. The van der Waals surface area contributed by atoms with Gasteiger partial charge in [-0.15, -0.1) is 0 Å². The first-order valence-electron chi connectivity index (χ1n) is 9.30. The van der Waals surface area contributed by atoms with Crippen LogP contribution in [0.2, 0.25) is 0 Å². The molecule has 1 N–H and O–H groups in total. The topological polar surface area (TPSA) is 91.4 Å². The SMILES string of the molecule is Cc1cc(C(=O)N2CCO[C@@H](c3ccnc(N4CCCC4)n3)C2)cc(=O)[nH]1. The summed E-state index contributed by atoms with van der Waals surface area (Å²) in [5, 5.41) is 0. The van der Waals surface area contributed by atoms with Crippen LogP contribution in [0, 0.1) is 6.92 Å². The van der Waals surface area contributed by atoms with Crippen molar-refractivity contribution in [3.05, 3.63) is 51.7 Å². The third-order valence-electron chi connectivity index (χ3n) is 4.96. The zero-order valence-corrected chi connectivity index (χ0v) is 15.4. The Balaban J connectivity index is 1.52. The van der Waals surface area contributed by atoms with Crippen LogP contribution in [0.1, 0.15) is 40.7 Å². The molecule has 2 saturated heterocycles. The monoisotopic (exact) mass is 369 g/mol. The maximum Gasteiger partial charge on any atom is 0.254 e. The molecule has 0 radical (unpaired) electrons. The van der Waals surface area contributed by atoms with E-state index in [4.69, 9.17) is 4.74 Å². The van der Waals surface area contributed by atoms with E-state index in [1.54, 1.807) is 24.1 Å². The third kappa shape index (κ3) is 3.85. The second kappa shape index (κ2) is 7.48. The molecule has 1 atom stereocenters. The fraction of sp³-hybridized carbons (Fsp3) is 0.474. The summed E-state index contributed by atoms with van der Waals surface area (Å²) in [6.45, 7) is 5.04. The first kappa shape index (κ1) is 17.7. The molecular weight excluding hydrogens is 346 g/mol. The summed E-state index contributed by atoms with van der Waals surface area (Å²) >= 11 is 0.